The van der Waals surface area contributed by atoms with Crippen molar-refractivity contribution in [2.45, 2.75) is 24.3 Å². The summed E-state index contributed by atoms with van der Waals surface area (Å²) in [4.78, 5) is 22.5. The molecule has 1 N–H and O–H groups in total. The summed E-state index contributed by atoms with van der Waals surface area (Å²) >= 11 is 12.1. The van der Waals surface area contributed by atoms with Crippen LogP contribution in [0.25, 0.3) is 0 Å². The van der Waals surface area contributed by atoms with Crippen LogP contribution in [0.1, 0.15) is 18.4 Å². The molecule has 0 radical (unpaired) electrons. The van der Waals surface area contributed by atoms with Gasteiger partial charge in [-0.05, 0) is 30.5 Å². The van der Waals surface area contributed by atoms with Crippen molar-refractivity contribution in [3.05, 3.63) is 68.2 Å². The molecule has 1 heterocycles. The van der Waals surface area contributed by atoms with Gasteiger partial charge in [0.05, 0.1) is 9.95 Å². The van der Waals surface area contributed by atoms with Crippen LogP contribution >= 0.6 is 23.2 Å². The fourth-order valence-corrected chi connectivity index (χ4v) is 5.44. The maximum Gasteiger partial charge on any atom is 0.270 e. The molecule has 1 aliphatic rings. The second-order valence-corrected chi connectivity index (χ2v) is 9.58. The summed E-state index contributed by atoms with van der Waals surface area (Å²) < 4.78 is 27.0. The molecule has 1 aliphatic heterocycles. The Balaban J connectivity index is 1.63. The summed E-state index contributed by atoms with van der Waals surface area (Å²) in [5, 5.41) is 14.3. The first-order valence-corrected chi connectivity index (χ1v) is 11.3. The van der Waals surface area contributed by atoms with Gasteiger partial charge in [-0.1, -0.05) is 41.4 Å². The Morgan fingerprint density at radius 2 is 1.80 bits per heavy atom. The third-order valence-electron chi connectivity index (χ3n) is 4.98. The van der Waals surface area contributed by atoms with Crippen LogP contribution in [-0.4, -0.2) is 36.6 Å². The SMILES string of the molecule is O=C(NCc1ccccc1Cl)C1CCN(S(=O)(=O)c2cc([N+](=O)[O-])ccc2Cl)CC1. The number of hydrogen-bond donors (Lipinski definition) is 1. The van der Waals surface area contributed by atoms with Gasteiger partial charge in [0.2, 0.25) is 15.9 Å². The Hall–Kier alpha value is -2.20. The van der Waals surface area contributed by atoms with Crippen molar-refractivity contribution in [3.63, 3.8) is 0 Å². The molecular weight excluding hydrogens is 453 g/mol. The minimum absolute atomic E-state index is 0.0831. The molecule has 8 nitrogen and oxygen atoms in total. The number of rotatable bonds is 6. The summed E-state index contributed by atoms with van der Waals surface area (Å²) in [6, 6.07) is 10.5. The van der Waals surface area contributed by atoms with Crippen molar-refractivity contribution in [1.29, 1.82) is 0 Å². The number of nitro benzene ring substituents is 1. The van der Waals surface area contributed by atoms with E-state index in [0.717, 1.165) is 17.7 Å². The third kappa shape index (κ3) is 4.92. The molecule has 1 saturated heterocycles. The number of piperidine rings is 1. The zero-order valence-electron chi connectivity index (χ0n) is 15.8. The molecule has 0 spiro atoms. The molecule has 1 amide bonds. The van der Waals surface area contributed by atoms with Crippen molar-refractivity contribution in [2.24, 2.45) is 5.92 Å². The minimum atomic E-state index is -4.01. The summed E-state index contributed by atoms with van der Waals surface area (Å²) in [7, 11) is -4.01. The molecule has 0 bridgehead atoms. The number of sulfonamides is 1. The average Bonchev–Trinajstić information content (AvgIpc) is 2.73. The van der Waals surface area contributed by atoms with Crippen LogP contribution in [0.4, 0.5) is 5.69 Å². The van der Waals surface area contributed by atoms with Crippen LogP contribution in [0.2, 0.25) is 10.0 Å². The molecule has 0 saturated carbocycles. The molecule has 30 heavy (non-hydrogen) atoms. The summed E-state index contributed by atoms with van der Waals surface area (Å²) in [6.45, 7) is 0.525. The molecule has 0 unspecified atom stereocenters. The van der Waals surface area contributed by atoms with Crippen LogP contribution in [0.15, 0.2) is 47.4 Å². The highest BCUT2D eigenvalue weighted by molar-refractivity contribution is 7.89. The molecule has 0 aromatic heterocycles. The highest BCUT2D eigenvalue weighted by Crippen LogP contribution is 2.31. The van der Waals surface area contributed by atoms with Gasteiger partial charge < -0.3 is 5.32 Å². The zero-order chi connectivity index (χ0) is 21.9. The van der Waals surface area contributed by atoms with Crippen molar-refractivity contribution >= 4 is 44.8 Å². The maximum atomic E-state index is 12.9. The predicted molar refractivity (Wildman–Crippen MR) is 113 cm³/mol. The van der Waals surface area contributed by atoms with Gasteiger partial charge >= 0.3 is 0 Å². The number of hydrogen-bond acceptors (Lipinski definition) is 5. The standard InChI is InChI=1S/C19H19Cl2N3O5S/c20-16-4-2-1-3-14(16)12-22-19(25)13-7-9-23(10-8-13)30(28,29)18-11-15(24(26)27)5-6-17(18)21/h1-6,11,13H,7-10,12H2,(H,22,25). The van der Waals surface area contributed by atoms with Crippen molar-refractivity contribution in [1.82, 2.24) is 9.62 Å². The highest BCUT2D eigenvalue weighted by atomic mass is 35.5. The third-order valence-corrected chi connectivity index (χ3v) is 7.73. The molecule has 0 aliphatic carbocycles. The lowest BCUT2D eigenvalue weighted by atomic mass is 9.97. The molecule has 3 rings (SSSR count). The largest absolute Gasteiger partial charge is 0.352 e. The van der Waals surface area contributed by atoms with Gasteiger partial charge in [-0.2, -0.15) is 4.31 Å². The van der Waals surface area contributed by atoms with Crippen LogP contribution < -0.4 is 5.32 Å². The first-order valence-electron chi connectivity index (χ1n) is 9.15. The van der Waals surface area contributed by atoms with Gasteiger partial charge in [-0.3, -0.25) is 14.9 Å². The van der Waals surface area contributed by atoms with E-state index >= 15 is 0 Å². The molecular formula is C19H19Cl2N3O5S. The summed E-state index contributed by atoms with van der Waals surface area (Å²) in [5.41, 5.74) is 0.444. The van der Waals surface area contributed by atoms with E-state index in [1.54, 1.807) is 12.1 Å². The lowest BCUT2D eigenvalue weighted by Gasteiger charge is -2.30. The van der Waals surface area contributed by atoms with E-state index in [9.17, 15) is 23.3 Å². The fourth-order valence-electron chi connectivity index (χ4n) is 3.27. The van der Waals surface area contributed by atoms with Gasteiger partial charge in [0.1, 0.15) is 4.90 Å². The van der Waals surface area contributed by atoms with Gasteiger partial charge in [-0.15, -0.1) is 0 Å². The zero-order valence-corrected chi connectivity index (χ0v) is 18.1. The number of non-ortho nitro benzene ring substituents is 1. The normalized spacial score (nSPS) is 15.7. The van der Waals surface area contributed by atoms with Crippen LogP contribution in [0, 0.1) is 16.0 Å². The Bertz CT molecular complexity index is 1070. The van der Waals surface area contributed by atoms with Gasteiger partial charge in [-0.25, -0.2) is 8.42 Å². The highest BCUT2D eigenvalue weighted by Gasteiger charge is 2.34. The Labute approximate surface area is 184 Å². The number of carbonyl (C=O) groups excluding carboxylic acids is 1. The molecule has 1 fully saturated rings. The number of nitro groups is 1. The average molecular weight is 472 g/mol. The van der Waals surface area contributed by atoms with Gasteiger partial charge in [0.15, 0.2) is 0 Å². The lowest BCUT2D eigenvalue weighted by Crippen LogP contribution is -2.42. The predicted octanol–water partition coefficient (Wildman–Crippen LogP) is 3.62. The van der Waals surface area contributed by atoms with Crippen molar-refractivity contribution < 1.29 is 18.1 Å². The van der Waals surface area contributed by atoms with Crippen LogP contribution in [0.5, 0.6) is 0 Å². The van der Waals surface area contributed by atoms with E-state index in [4.69, 9.17) is 23.2 Å². The number of carbonyl (C=O) groups is 1. The number of nitrogens with zero attached hydrogens (tertiary/aromatic N) is 2. The number of nitrogens with one attached hydrogen (secondary N) is 1. The number of halogens is 2. The monoisotopic (exact) mass is 471 g/mol. The van der Waals surface area contributed by atoms with Crippen LogP contribution in [0.3, 0.4) is 0 Å². The second-order valence-electron chi connectivity index (χ2n) is 6.86. The molecule has 2 aromatic rings. The van der Waals surface area contributed by atoms with E-state index in [1.165, 1.54) is 10.4 Å². The van der Waals surface area contributed by atoms with Crippen molar-refractivity contribution in [2.75, 3.05) is 13.1 Å². The molecule has 11 heteroatoms. The maximum absolute atomic E-state index is 12.9. The van der Waals surface area contributed by atoms with Crippen LogP contribution in [-0.2, 0) is 21.4 Å². The number of benzene rings is 2. The van der Waals surface area contributed by atoms with Gasteiger partial charge in [0.25, 0.3) is 5.69 Å². The molecule has 160 valence electrons. The molecule has 0 atom stereocenters. The Morgan fingerprint density at radius 1 is 1.13 bits per heavy atom. The van der Waals surface area contributed by atoms with Gasteiger partial charge in [0, 0.05) is 42.7 Å². The van der Waals surface area contributed by atoms with E-state index in [2.05, 4.69) is 5.32 Å². The smallest absolute Gasteiger partial charge is 0.270 e. The molecule has 2 aromatic carbocycles. The fraction of sp³-hybridized carbons (Fsp3) is 0.316. The van der Waals surface area contributed by atoms with E-state index in [1.807, 2.05) is 12.1 Å². The van der Waals surface area contributed by atoms with E-state index in [-0.39, 0.29) is 40.5 Å². The van der Waals surface area contributed by atoms with E-state index < -0.39 is 14.9 Å². The minimum Gasteiger partial charge on any atom is -0.352 e. The van der Waals surface area contributed by atoms with Crippen molar-refractivity contribution in [3.8, 4) is 0 Å². The quantitative estimate of drug-likeness (QED) is 0.510. The topological polar surface area (TPSA) is 110 Å². The summed E-state index contributed by atoms with van der Waals surface area (Å²) in [6.07, 6.45) is 0.667. The Morgan fingerprint density at radius 3 is 2.43 bits per heavy atom. The summed E-state index contributed by atoms with van der Waals surface area (Å²) in [5.74, 6) is -0.500. The first-order chi connectivity index (χ1) is 14.2. The first kappa shape index (κ1) is 22.5. The number of amides is 1. The van der Waals surface area contributed by atoms with E-state index in [0.29, 0.717) is 24.4 Å². The second kappa shape index (κ2) is 9.30. The Kier molecular flexibility index (Phi) is 6.97. The lowest BCUT2D eigenvalue weighted by molar-refractivity contribution is -0.385.